The van der Waals surface area contributed by atoms with Crippen molar-refractivity contribution >= 4 is 11.9 Å². The van der Waals surface area contributed by atoms with E-state index in [4.69, 9.17) is 4.99 Å². The van der Waals surface area contributed by atoms with E-state index >= 15 is 0 Å². The number of aliphatic hydroxyl groups is 1. The highest BCUT2D eigenvalue weighted by Gasteiger charge is 2.23. The standard InChI is InChI=1S/C24H39N5O2/c1-18-8-4-7-11-22(18)27-24(26-15-23(31)28(2)3)25-14-19-9-5-6-10-20(19)16-29-13-12-21(30)17-29/h5-6,9-10,18,21-22,30H,4,7-8,11-17H2,1-3H3,(H2,25,26,27). The van der Waals surface area contributed by atoms with Crippen LogP contribution >= 0.6 is 0 Å². The summed E-state index contributed by atoms with van der Waals surface area (Å²) in [7, 11) is 3.53. The molecule has 1 heterocycles. The molecule has 0 aromatic heterocycles. The molecule has 1 amide bonds. The van der Waals surface area contributed by atoms with E-state index in [1.165, 1.54) is 30.4 Å². The van der Waals surface area contributed by atoms with Crippen molar-refractivity contribution in [2.24, 2.45) is 10.9 Å². The van der Waals surface area contributed by atoms with Gasteiger partial charge in [-0.25, -0.2) is 4.99 Å². The number of carbonyl (C=O) groups excluding carboxylic acids is 1. The average Bonchev–Trinajstić information content (AvgIpc) is 3.16. The first kappa shape index (κ1) is 23.5. The van der Waals surface area contributed by atoms with E-state index in [9.17, 15) is 9.90 Å². The number of likely N-dealkylation sites (tertiary alicyclic amines) is 1. The number of hydrogen-bond acceptors (Lipinski definition) is 4. The topological polar surface area (TPSA) is 80.2 Å². The number of hydrogen-bond donors (Lipinski definition) is 3. The van der Waals surface area contributed by atoms with E-state index in [-0.39, 0.29) is 18.6 Å². The van der Waals surface area contributed by atoms with Gasteiger partial charge in [0, 0.05) is 39.8 Å². The Balaban J connectivity index is 1.69. The van der Waals surface area contributed by atoms with Gasteiger partial charge in [-0.05, 0) is 36.3 Å². The average molecular weight is 430 g/mol. The third-order valence-corrected chi connectivity index (χ3v) is 6.51. The first-order chi connectivity index (χ1) is 14.9. The van der Waals surface area contributed by atoms with Gasteiger partial charge >= 0.3 is 0 Å². The van der Waals surface area contributed by atoms with Crippen molar-refractivity contribution in [3.8, 4) is 0 Å². The second-order valence-corrected chi connectivity index (χ2v) is 9.27. The largest absolute Gasteiger partial charge is 0.392 e. The number of nitrogens with one attached hydrogen (secondary N) is 2. The fraction of sp³-hybridized carbons (Fsp3) is 0.667. The summed E-state index contributed by atoms with van der Waals surface area (Å²) in [6, 6.07) is 8.76. The molecule has 3 atom stereocenters. The maximum Gasteiger partial charge on any atom is 0.241 e. The Morgan fingerprint density at radius 1 is 1.19 bits per heavy atom. The molecule has 7 heteroatoms. The zero-order valence-corrected chi connectivity index (χ0v) is 19.3. The number of β-amino-alcohol motifs (C(OH)–C–C–N with tert-alkyl or cyclic N) is 1. The predicted molar refractivity (Wildman–Crippen MR) is 125 cm³/mol. The van der Waals surface area contributed by atoms with Crippen LogP contribution in [0.15, 0.2) is 29.3 Å². The van der Waals surface area contributed by atoms with Gasteiger partial charge in [0.25, 0.3) is 0 Å². The number of nitrogens with zero attached hydrogens (tertiary/aromatic N) is 3. The van der Waals surface area contributed by atoms with Gasteiger partial charge in [-0.3, -0.25) is 9.69 Å². The van der Waals surface area contributed by atoms with E-state index < -0.39 is 0 Å². The van der Waals surface area contributed by atoms with Gasteiger partial charge in [0.1, 0.15) is 0 Å². The predicted octanol–water partition coefficient (Wildman–Crippen LogP) is 1.96. The maximum absolute atomic E-state index is 12.1. The van der Waals surface area contributed by atoms with E-state index in [0.717, 1.165) is 32.5 Å². The Hall–Kier alpha value is -2.12. The third-order valence-electron chi connectivity index (χ3n) is 6.51. The number of rotatable bonds is 7. The molecule has 2 aliphatic rings. The summed E-state index contributed by atoms with van der Waals surface area (Å²) in [6.07, 6.45) is 5.52. The van der Waals surface area contributed by atoms with Crippen molar-refractivity contribution in [3.63, 3.8) is 0 Å². The van der Waals surface area contributed by atoms with Crippen LogP contribution in [0.2, 0.25) is 0 Å². The Kier molecular flexibility index (Phi) is 8.72. The number of carbonyl (C=O) groups is 1. The molecule has 3 unspecified atom stereocenters. The van der Waals surface area contributed by atoms with E-state index in [2.05, 4.69) is 40.7 Å². The lowest BCUT2D eigenvalue weighted by molar-refractivity contribution is -0.127. The molecule has 7 nitrogen and oxygen atoms in total. The first-order valence-corrected chi connectivity index (χ1v) is 11.6. The Bertz CT molecular complexity index is 751. The fourth-order valence-corrected chi connectivity index (χ4v) is 4.40. The van der Waals surface area contributed by atoms with Gasteiger partial charge < -0.3 is 20.6 Å². The summed E-state index contributed by atoms with van der Waals surface area (Å²) < 4.78 is 0. The molecule has 172 valence electrons. The summed E-state index contributed by atoms with van der Waals surface area (Å²) in [4.78, 5) is 20.9. The summed E-state index contributed by atoms with van der Waals surface area (Å²) in [6.45, 7) is 5.57. The molecule has 3 rings (SSSR count). The van der Waals surface area contributed by atoms with Crippen LogP contribution in [0.4, 0.5) is 0 Å². The van der Waals surface area contributed by atoms with Gasteiger partial charge in [-0.2, -0.15) is 0 Å². The second-order valence-electron chi connectivity index (χ2n) is 9.27. The van der Waals surface area contributed by atoms with Crippen LogP contribution in [0.25, 0.3) is 0 Å². The highest BCUT2D eigenvalue weighted by atomic mass is 16.3. The van der Waals surface area contributed by atoms with Crippen LogP contribution in [0.1, 0.15) is 50.2 Å². The molecular formula is C24H39N5O2. The van der Waals surface area contributed by atoms with Crippen molar-refractivity contribution in [3.05, 3.63) is 35.4 Å². The molecule has 31 heavy (non-hydrogen) atoms. The number of benzene rings is 1. The van der Waals surface area contributed by atoms with Crippen molar-refractivity contribution in [2.75, 3.05) is 33.7 Å². The molecule has 1 aromatic carbocycles. The molecular weight excluding hydrogens is 390 g/mol. The minimum atomic E-state index is -0.211. The molecule has 0 bridgehead atoms. The molecule has 3 N–H and O–H groups in total. The van der Waals surface area contributed by atoms with Crippen LogP contribution in [0.5, 0.6) is 0 Å². The molecule has 2 fully saturated rings. The number of aliphatic imine (C=N–C) groups is 1. The summed E-state index contributed by atoms with van der Waals surface area (Å²) in [5.41, 5.74) is 2.43. The molecule has 1 aliphatic heterocycles. The van der Waals surface area contributed by atoms with Gasteiger partial charge in [0.05, 0.1) is 19.2 Å². The monoisotopic (exact) mass is 429 g/mol. The molecule has 1 aromatic rings. The number of amides is 1. The highest BCUT2D eigenvalue weighted by molar-refractivity contribution is 5.86. The fourth-order valence-electron chi connectivity index (χ4n) is 4.40. The van der Waals surface area contributed by atoms with Crippen molar-refractivity contribution in [2.45, 2.75) is 64.3 Å². The Morgan fingerprint density at radius 2 is 1.94 bits per heavy atom. The second kappa shape index (κ2) is 11.5. The van der Waals surface area contributed by atoms with Gasteiger partial charge in [0.15, 0.2) is 5.96 Å². The SMILES string of the molecule is CC1CCCCC1NC(=NCc1ccccc1CN1CCC(O)C1)NCC(=O)N(C)C. The van der Waals surface area contributed by atoms with Gasteiger partial charge in [-0.15, -0.1) is 0 Å². The third kappa shape index (κ3) is 7.21. The Labute approximate surface area is 186 Å². The highest BCUT2D eigenvalue weighted by Crippen LogP contribution is 2.23. The lowest BCUT2D eigenvalue weighted by Crippen LogP contribution is -2.49. The van der Waals surface area contributed by atoms with Crippen LogP contribution in [-0.4, -0.2) is 72.6 Å². The molecule has 0 radical (unpaired) electrons. The van der Waals surface area contributed by atoms with Crippen molar-refractivity contribution < 1.29 is 9.90 Å². The van der Waals surface area contributed by atoms with E-state index in [1.54, 1.807) is 19.0 Å². The van der Waals surface area contributed by atoms with Crippen LogP contribution < -0.4 is 10.6 Å². The van der Waals surface area contributed by atoms with Crippen LogP contribution in [0, 0.1) is 5.92 Å². The summed E-state index contributed by atoms with van der Waals surface area (Å²) >= 11 is 0. The van der Waals surface area contributed by atoms with Gasteiger partial charge in [-0.1, -0.05) is 44.0 Å². The lowest BCUT2D eigenvalue weighted by atomic mass is 9.86. The normalized spacial score (nSPS) is 24.8. The van der Waals surface area contributed by atoms with Crippen molar-refractivity contribution in [1.82, 2.24) is 20.4 Å². The quantitative estimate of drug-likeness (QED) is 0.456. The zero-order valence-electron chi connectivity index (χ0n) is 19.3. The summed E-state index contributed by atoms with van der Waals surface area (Å²) in [5.74, 6) is 1.33. The van der Waals surface area contributed by atoms with E-state index in [0.29, 0.717) is 24.5 Å². The molecule has 1 aliphatic carbocycles. The smallest absolute Gasteiger partial charge is 0.241 e. The maximum atomic E-state index is 12.1. The van der Waals surface area contributed by atoms with Crippen LogP contribution in [-0.2, 0) is 17.9 Å². The number of aliphatic hydroxyl groups excluding tert-OH is 1. The van der Waals surface area contributed by atoms with Crippen LogP contribution in [0.3, 0.4) is 0 Å². The number of likely N-dealkylation sites (N-methyl/N-ethyl adjacent to an activating group) is 1. The summed E-state index contributed by atoms with van der Waals surface area (Å²) in [5, 5.41) is 16.7. The molecule has 1 saturated carbocycles. The Morgan fingerprint density at radius 3 is 2.61 bits per heavy atom. The first-order valence-electron chi connectivity index (χ1n) is 11.6. The van der Waals surface area contributed by atoms with Crippen molar-refractivity contribution in [1.29, 1.82) is 0 Å². The minimum absolute atomic E-state index is 0.0270. The zero-order chi connectivity index (χ0) is 22.2. The lowest BCUT2D eigenvalue weighted by Gasteiger charge is -2.31. The van der Waals surface area contributed by atoms with Gasteiger partial charge in [0.2, 0.25) is 5.91 Å². The minimum Gasteiger partial charge on any atom is -0.392 e. The molecule has 0 spiro atoms. The number of guanidine groups is 1. The molecule has 1 saturated heterocycles. The van der Waals surface area contributed by atoms with E-state index in [1.807, 2.05) is 6.07 Å².